The summed E-state index contributed by atoms with van der Waals surface area (Å²) in [6, 6.07) is 42.8. The van der Waals surface area contributed by atoms with Crippen LogP contribution in [-0.4, -0.2) is 19.1 Å². The summed E-state index contributed by atoms with van der Waals surface area (Å²) in [6.45, 7) is 0. The second-order valence-corrected chi connectivity index (χ2v) is 10.0. The molecule has 8 rings (SSSR count). The van der Waals surface area contributed by atoms with Crippen LogP contribution in [0.5, 0.6) is 0 Å². The van der Waals surface area contributed by atoms with Gasteiger partial charge in [0.2, 0.25) is 5.28 Å². The Morgan fingerprint density at radius 1 is 0.487 bits per heavy atom. The smallest absolute Gasteiger partial charge is 0.222 e. The third-order valence-corrected chi connectivity index (χ3v) is 7.68. The zero-order valence-corrected chi connectivity index (χ0v) is 21.5. The summed E-state index contributed by atoms with van der Waals surface area (Å²) in [4.78, 5) is 8.69. The molecule has 0 unspecified atom stereocenters. The van der Waals surface area contributed by atoms with Crippen LogP contribution in [0.4, 0.5) is 0 Å². The minimum absolute atomic E-state index is 0.230. The fraction of sp³-hybridized carbons (Fsp3) is 0. The summed E-state index contributed by atoms with van der Waals surface area (Å²) in [5.74, 6) is 0. The average molecular weight is 521 g/mol. The Morgan fingerprint density at radius 2 is 0.897 bits per heavy atom. The SMILES string of the molecule is Clc1nccc(-c2cc(-n3c4ccccc4c4ccccc43)cc(-n3c4ccccc4c4ccccc43)c2)n1. The van der Waals surface area contributed by atoms with Crippen molar-refractivity contribution in [2.75, 3.05) is 0 Å². The van der Waals surface area contributed by atoms with Crippen molar-refractivity contribution in [3.8, 4) is 22.6 Å². The fourth-order valence-corrected chi connectivity index (χ4v) is 6.05. The molecule has 0 atom stereocenters. The van der Waals surface area contributed by atoms with Crippen LogP contribution in [0.1, 0.15) is 0 Å². The zero-order chi connectivity index (χ0) is 25.9. The highest BCUT2D eigenvalue weighted by Crippen LogP contribution is 2.37. The monoisotopic (exact) mass is 520 g/mol. The van der Waals surface area contributed by atoms with Crippen LogP contribution >= 0.6 is 11.6 Å². The number of benzene rings is 5. The molecule has 184 valence electrons. The predicted octanol–water partition coefficient (Wildman–Crippen LogP) is 8.99. The standard InChI is InChI=1S/C34H21ClN4/c35-34-36-18-17-29(37-34)22-19-23(38-30-13-5-1-9-25(30)26-10-2-6-14-31(26)38)21-24(20-22)39-32-15-7-3-11-27(32)28-12-4-8-16-33(28)39/h1-21H. The summed E-state index contributed by atoms with van der Waals surface area (Å²) < 4.78 is 4.68. The van der Waals surface area contributed by atoms with E-state index in [1.807, 2.05) is 6.07 Å². The normalized spacial score (nSPS) is 11.7. The predicted molar refractivity (Wildman–Crippen MR) is 161 cm³/mol. The van der Waals surface area contributed by atoms with Crippen LogP contribution in [0.3, 0.4) is 0 Å². The third kappa shape index (κ3) is 3.39. The summed E-state index contributed by atoms with van der Waals surface area (Å²) in [5.41, 5.74) is 8.48. The van der Waals surface area contributed by atoms with Gasteiger partial charge in [-0.2, -0.15) is 0 Å². The lowest BCUT2D eigenvalue weighted by Crippen LogP contribution is -2.00. The highest BCUT2D eigenvalue weighted by Gasteiger charge is 2.17. The second-order valence-electron chi connectivity index (χ2n) is 9.69. The number of aromatic nitrogens is 4. The van der Waals surface area contributed by atoms with E-state index < -0.39 is 0 Å². The lowest BCUT2D eigenvalue weighted by Gasteiger charge is -2.15. The highest BCUT2D eigenvalue weighted by molar-refractivity contribution is 6.28. The molecular formula is C34H21ClN4. The second kappa shape index (κ2) is 8.55. The van der Waals surface area contributed by atoms with Crippen molar-refractivity contribution in [1.29, 1.82) is 0 Å². The van der Waals surface area contributed by atoms with Crippen molar-refractivity contribution in [3.63, 3.8) is 0 Å². The summed E-state index contributed by atoms with van der Waals surface area (Å²) in [7, 11) is 0. The van der Waals surface area contributed by atoms with E-state index in [2.05, 4.69) is 134 Å². The Bertz CT molecular complexity index is 1970. The van der Waals surface area contributed by atoms with Crippen LogP contribution in [0, 0.1) is 0 Å². The topological polar surface area (TPSA) is 35.6 Å². The zero-order valence-electron chi connectivity index (χ0n) is 20.8. The van der Waals surface area contributed by atoms with Gasteiger partial charge in [-0.15, -0.1) is 0 Å². The first-order valence-electron chi connectivity index (χ1n) is 12.9. The summed E-state index contributed by atoms with van der Waals surface area (Å²) in [6.07, 6.45) is 1.71. The van der Waals surface area contributed by atoms with Gasteiger partial charge in [0.05, 0.1) is 27.8 Å². The molecule has 8 aromatic rings. The molecule has 3 aromatic heterocycles. The van der Waals surface area contributed by atoms with Crippen molar-refractivity contribution in [3.05, 3.63) is 133 Å². The number of nitrogens with zero attached hydrogens (tertiary/aromatic N) is 4. The van der Waals surface area contributed by atoms with E-state index in [0.717, 1.165) is 44.7 Å². The van der Waals surface area contributed by atoms with Crippen molar-refractivity contribution < 1.29 is 0 Å². The maximum atomic E-state index is 6.25. The lowest BCUT2D eigenvalue weighted by atomic mass is 10.1. The Hall–Kier alpha value is -4.93. The number of fused-ring (bicyclic) bond motifs is 6. The van der Waals surface area contributed by atoms with Crippen molar-refractivity contribution in [2.24, 2.45) is 0 Å². The molecular weight excluding hydrogens is 500 g/mol. The highest BCUT2D eigenvalue weighted by atomic mass is 35.5. The van der Waals surface area contributed by atoms with E-state index >= 15 is 0 Å². The molecule has 5 aromatic carbocycles. The maximum Gasteiger partial charge on any atom is 0.222 e. The Labute approximate surface area is 229 Å². The van der Waals surface area contributed by atoms with Crippen molar-refractivity contribution >= 4 is 55.2 Å². The van der Waals surface area contributed by atoms with Crippen LogP contribution in [0.15, 0.2) is 128 Å². The van der Waals surface area contributed by atoms with E-state index in [1.165, 1.54) is 21.5 Å². The molecule has 5 heteroatoms. The van der Waals surface area contributed by atoms with Crippen LogP contribution in [-0.2, 0) is 0 Å². The molecule has 0 spiro atoms. The first-order chi connectivity index (χ1) is 19.3. The van der Waals surface area contributed by atoms with Gasteiger partial charge in [-0.3, -0.25) is 0 Å². The molecule has 0 N–H and O–H groups in total. The number of rotatable bonds is 3. The molecule has 0 radical (unpaired) electrons. The van der Waals surface area contributed by atoms with Gasteiger partial charge in [0.1, 0.15) is 0 Å². The molecule has 0 bridgehead atoms. The van der Waals surface area contributed by atoms with Gasteiger partial charge in [-0.05, 0) is 60.1 Å². The number of halogens is 1. The molecule has 0 amide bonds. The quantitative estimate of drug-likeness (QED) is 0.218. The van der Waals surface area contributed by atoms with Gasteiger partial charge in [-0.25, -0.2) is 9.97 Å². The lowest BCUT2D eigenvalue weighted by molar-refractivity contribution is 1.13. The minimum Gasteiger partial charge on any atom is -0.309 e. The molecule has 0 aliphatic rings. The number of hydrogen-bond donors (Lipinski definition) is 0. The van der Waals surface area contributed by atoms with Gasteiger partial charge in [0.25, 0.3) is 0 Å². The van der Waals surface area contributed by atoms with Crippen LogP contribution in [0.2, 0.25) is 5.28 Å². The number of para-hydroxylation sites is 4. The molecule has 0 saturated heterocycles. The average Bonchev–Trinajstić information content (AvgIpc) is 3.50. The third-order valence-electron chi connectivity index (χ3n) is 7.50. The van der Waals surface area contributed by atoms with Gasteiger partial charge < -0.3 is 9.13 Å². The van der Waals surface area contributed by atoms with E-state index in [1.54, 1.807) is 6.20 Å². The van der Waals surface area contributed by atoms with E-state index in [4.69, 9.17) is 11.6 Å². The van der Waals surface area contributed by atoms with Crippen LogP contribution in [0.25, 0.3) is 66.2 Å². The Morgan fingerprint density at radius 3 is 1.31 bits per heavy atom. The van der Waals surface area contributed by atoms with E-state index in [0.29, 0.717) is 0 Å². The molecule has 4 nitrogen and oxygen atoms in total. The minimum atomic E-state index is 0.230. The molecule has 0 fully saturated rings. The van der Waals surface area contributed by atoms with Crippen molar-refractivity contribution in [2.45, 2.75) is 0 Å². The van der Waals surface area contributed by atoms with Gasteiger partial charge in [0, 0.05) is 44.7 Å². The molecule has 0 aliphatic heterocycles. The first-order valence-corrected chi connectivity index (χ1v) is 13.3. The molecule has 39 heavy (non-hydrogen) atoms. The molecule has 0 aliphatic carbocycles. The van der Waals surface area contributed by atoms with E-state index in [9.17, 15) is 0 Å². The van der Waals surface area contributed by atoms with Crippen LogP contribution < -0.4 is 0 Å². The van der Waals surface area contributed by atoms with Gasteiger partial charge >= 0.3 is 0 Å². The maximum absolute atomic E-state index is 6.25. The fourth-order valence-electron chi connectivity index (χ4n) is 5.90. The Balaban J connectivity index is 1.51. The summed E-state index contributed by atoms with van der Waals surface area (Å²) in [5, 5.41) is 5.13. The largest absolute Gasteiger partial charge is 0.309 e. The van der Waals surface area contributed by atoms with Gasteiger partial charge in [-0.1, -0.05) is 72.8 Å². The van der Waals surface area contributed by atoms with Crippen molar-refractivity contribution in [1.82, 2.24) is 19.1 Å². The van der Waals surface area contributed by atoms with E-state index in [-0.39, 0.29) is 5.28 Å². The van der Waals surface area contributed by atoms with Gasteiger partial charge in [0.15, 0.2) is 0 Å². The number of hydrogen-bond acceptors (Lipinski definition) is 2. The molecule has 3 heterocycles. The molecule has 0 saturated carbocycles. The first kappa shape index (κ1) is 22.1. The summed E-state index contributed by atoms with van der Waals surface area (Å²) >= 11 is 6.25. The Kier molecular flexibility index (Phi) is 4.84.